The molecule has 0 saturated carbocycles. The van der Waals surface area contributed by atoms with Gasteiger partial charge in [-0.2, -0.15) is 5.21 Å². The molecule has 0 radical (unpaired) electrons. The lowest BCUT2D eigenvalue weighted by Gasteiger charge is -2.10. The number of nitrogens with one attached hydrogen (secondary N) is 1. The van der Waals surface area contributed by atoms with Crippen molar-refractivity contribution in [2.45, 2.75) is 51.2 Å². The van der Waals surface area contributed by atoms with Gasteiger partial charge < -0.3 is 9.84 Å². The fourth-order valence-electron chi connectivity index (χ4n) is 3.19. The van der Waals surface area contributed by atoms with Crippen LogP contribution in [0.25, 0.3) is 0 Å². The molecule has 1 unspecified atom stereocenters. The van der Waals surface area contributed by atoms with Gasteiger partial charge in [-0.05, 0) is 48.8 Å². The van der Waals surface area contributed by atoms with E-state index in [4.69, 9.17) is 4.74 Å². The molecule has 0 bridgehead atoms. The SMILES string of the molecule is OC1CCC(COCc2ccccc2)=C1CC=CCCCc1nn[nH]n1. The van der Waals surface area contributed by atoms with Crippen molar-refractivity contribution in [3.63, 3.8) is 0 Å². The number of aliphatic hydroxyl groups excluding tert-OH is 1. The molecule has 6 nitrogen and oxygen atoms in total. The Labute approximate surface area is 154 Å². The Morgan fingerprint density at radius 1 is 1.19 bits per heavy atom. The number of aromatic nitrogens is 4. The van der Waals surface area contributed by atoms with Crippen LogP contribution in [0.5, 0.6) is 0 Å². The summed E-state index contributed by atoms with van der Waals surface area (Å²) in [6.45, 7) is 1.21. The lowest BCUT2D eigenvalue weighted by molar-refractivity contribution is 0.141. The second-order valence-corrected chi connectivity index (χ2v) is 6.56. The molecule has 0 amide bonds. The van der Waals surface area contributed by atoms with Crippen molar-refractivity contribution in [3.05, 3.63) is 65.0 Å². The lowest BCUT2D eigenvalue weighted by atomic mass is 10.1. The number of aliphatic hydroxyl groups is 1. The van der Waals surface area contributed by atoms with Crippen LogP contribution < -0.4 is 0 Å². The molecule has 6 heteroatoms. The number of unbranched alkanes of at least 4 members (excludes halogenated alkanes) is 1. The van der Waals surface area contributed by atoms with E-state index in [2.05, 4.69) is 44.9 Å². The summed E-state index contributed by atoms with van der Waals surface area (Å²) in [7, 11) is 0. The molecule has 26 heavy (non-hydrogen) atoms. The zero-order chi connectivity index (χ0) is 18.0. The van der Waals surface area contributed by atoms with E-state index in [0.717, 1.165) is 49.9 Å². The van der Waals surface area contributed by atoms with Crippen LogP contribution in [0.2, 0.25) is 0 Å². The summed E-state index contributed by atoms with van der Waals surface area (Å²) in [5, 5.41) is 24.1. The molecule has 0 saturated heterocycles. The van der Waals surface area contributed by atoms with Crippen LogP contribution in [-0.4, -0.2) is 38.4 Å². The Kier molecular flexibility index (Phi) is 7.10. The quantitative estimate of drug-likeness (QED) is 0.506. The maximum atomic E-state index is 10.2. The van der Waals surface area contributed by atoms with Crippen molar-refractivity contribution in [2.24, 2.45) is 0 Å². The Morgan fingerprint density at radius 2 is 2.08 bits per heavy atom. The van der Waals surface area contributed by atoms with E-state index in [1.165, 1.54) is 11.1 Å². The van der Waals surface area contributed by atoms with Crippen molar-refractivity contribution in [1.29, 1.82) is 0 Å². The summed E-state index contributed by atoms with van der Waals surface area (Å²) in [5.74, 6) is 0.755. The van der Waals surface area contributed by atoms with Gasteiger partial charge in [-0.3, -0.25) is 0 Å². The number of hydrogen-bond acceptors (Lipinski definition) is 5. The van der Waals surface area contributed by atoms with Crippen LogP contribution in [0.4, 0.5) is 0 Å². The van der Waals surface area contributed by atoms with Crippen LogP contribution in [-0.2, 0) is 17.8 Å². The fourth-order valence-corrected chi connectivity index (χ4v) is 3.19. The Morgan fingerprint density at radius 3 is 2.88 bits per heavy atom. The Balaban J connectivity index is 1.41. The molecule has 1 heterocycles. The highest BCUT2D eigenvalue weighted by atomic mass is 16.5. The van der Waals surface area contributed by atoms with Crippen LogP contribution in [0.15, 0.2) is 53.6 Å². The topological polar surface area (TPSA) is 83.9 Å². The number of H-pyrrole nitrogens is 1. The van der Waals surface area contributed by atoms with Gasteiger partial charge in [0.1, 0.15) is 0 Å². The molecule has 1 aliphatic rings. The first-order valence-electron chi connectivity index (χ1n) is 9.21. The zero-order valence-electron chi connectivity index (χ0n) is 15.0. The standard InChI is InChI=1S/C20H26N4O2/c25-19-13-12-17(15-26-14-16-8-4-3-5-9-16)18(19)10-6-1-2-7-11-20-21-23-24-22-20/h1,3-6,8-9,19,25H,2,7,10-15H2,(H,21,22,23,24). The third-order valence-corrected chi connectivity index (χ3v) is 4.63. The predicted octanol–water partition coefficient (Wildman–Crippen LogP) is 3.14. The van der Waals surface area contributed by atoms with E-state index in [0.29, 0.717) is 13.2 Å². The molecule has 1 aliphatic carbocycles. The number of tetrazole rings is 1. The Hall–Kier alpha value is -2.31. The third-order valence-electron chi connectivity index (χ3n) is 4.63. The highest BCUT2D eigenvalue weighted by Gasteiger charge is 2.22. The number of aromatic amines is 1. The summed E-state index contributed by atoms with van der Waals surface area (Å²) >= 11 is 0. The normalized spacial score (nSPS) is 17.5. The summed E-state index contributed by atoms with van der Waals surface area (Å²) in [4.78, 5) is 0. The molecule has 2 N–H and O–H groups in total. The van der Waals surface area contributed by atoms with Gasteiger partial charge in [0, 0.05) is 6.42 Å². The van der Waals surface area contributed by atoms with E-state index in [1.807, 2.05) is 18.2 Å². The first-order chi connectivity index (χ1) is 12.8. The van der Waals surface area contributed by atoms with Gasteiger partial charge in [-0.25, -0.2) is 0 Å². The molecular formula is C20H26N4O2. The monoisotopic (exact) mass is 354 g/mol. The minimum absolute atomic E-state index is 0.325. The molecule has 3 rings (SSSR count). The zero-order valence-corrected chi connectivity index (χ0v) is 15.0. The van der Waals surface area contributed by atoms with Crippen LogP contribution in [0.1, 0.15) is 43.5 Å². The van der Waals surface area contributed by atoms with E-state index in [9.17, 15) is 5.11 Å². The van der Waals surface area contributed by atoms with Gasteiger partial charge in [0.05, 0.1) is 19.3 Å². The summed E-state index contributed by atoms with van der Waals surface area (Å²) in [6, 6.07) is 10.2. The van der Waals surface area contributed by atoms with Gasteiger partial charge in [0.15, 0.2) is 5.82 Å². The molecular weight excluding hydrogens is 328 g/mol. The van der Waals surface area contributed by atoms with Crippen molar-refractivity contribution >= 4 is 0 Å². The van der Waals surface area contributed by atoms with Crippen LogP contribution in [0, 0.1) is 0 Å². The maximum Gasteiger partial charge on any atom is 0.174 e. The van der Waals surface area contributed by atoms with Crippen LogP contribution >= 0.6 is 0 Å². The fraction of sp³-hybridized carbons (Fsp3) is 0.450. The van der Waals surface area contributed by atoms with Gasteiger partial charge in [0.25, 0.3) is 0 Å². The molecule has 1 atom stereocenters. The van der Waals surface area contributed by atoms with Gasteiger partial charge in [0.2, 0.25) is 0 Å². The molecule has 138 valence electrons. The van der Waals surface area contributed by atoms with E-state index >= 15 is 0 Å². The van der Waals surface area contributed by atoms with E-state index in [-0.39, 0.29) is 6.10 Å². The average Bonchev–Trinajstić information content (AvgIpc) is 3.30. The minimum atomic E-state index is -0.325. The number of hydrogen-bond donors (Lipinski definition) is 2. The molecule has 2 aromatic rings. The molecule has 0 spiro atoms. The highest BCUT2D eigenvalue weighted by Crippen LogP contribution is 2.29. The minimum Gasteiger partial charge on any atom is -0.389 e. The summed E-state index contributed by atoms with van der Waals surface area (Å²) in [6.07, 6.45) is 9.31. The second kappa shape index (κ2) is 9.99. The van der Waals surface area contributed by atoms with Gasteiger partial charge in [-0.15, -0.1) is 10.2 Å². The maximum absolute atomic E-state index is 10.2. The number of nitrogens with zero attached hydrogens (tertiary/aromatic N) is 3. The molecule has 0 fully saturated rings. The van der Waals surface area contributed by atoms with Crippen LogP contribution in [0.3, 0.4) is 0 Å². The third kappa shape index (κ3) is 5.61. The smallest absolute Gasteiger partial charge is 0.174 e. The van der Waals surface area contributed by atoms with Crippen molar-refractivity contribution in [2.75, 3.05) is 6.61 Å². The molecule has 1 aromatic heterocycles. The largest absolute Gasteiger partial charge is 0.389 e. The number of ether oxygens (including phenoxy) is 1. The van der Waals surface area contributed by atoms with Crippen molar-refractivity contribution in [3.8, 4) is 0 Å². The predicted molar refractivity (Wildman–Crippen MR) is 99.2 cm³/mol. The van der Waals surface area contributed by atoms with Gasteiger partial charge >= 0.3 is 0 Å². The number of allylic oxidation sites excluding steroid dienone is 2. The van der Waals surface area contributed by atoms with E-state index in [1.54, 1.807) is 0 Å². The second-order valence-electron chi connectivity index (χ2n) is 6.56. The van der Waals surface area contributed by atoms with Crippen molar-refractivity contribution < 1.29 is 9.84 Å². The first kappa shape index (κ1) is 18.5. The first-order valence-corrected chi connectivity index (χ1v) is 9.21. The number of aryl methyl sites for hydroxylation is 1. The van der Waals surface area contributed by atoms with Crippen molar-refractivity contribution in [1.82, 2.24) is 20.6 Å². The highest BCUT2D eigenvalue weighted by molar-refractivity contribution is 5.26. The lowest BCUT2D eigenvalue weighted by Crippen LogP contribution is -2.05. The summed E-state index contributed by atoms with van der Waals surface area (Å²) < 4.78 is 5.85. The number of rotatable bonds is 10. The Bertz CT molecular complexity index is 711. The molecule has 0 aliphatic heterocycles. The number of benzene rings is 1. The van der Waals surface area contributed by atoms with Gasteiger partial charge in [-0.1, -0.05) is 47.7 Å². The van der Waals surface area contributed by atoms with E-state index < -0.39 is 0 Å². The summed E-state index contributed by atoms with van der Waals surface area (Å²) in [5.41, 5.74) is 3.56. The average molecular weight is 354 g/mol. The molecule has 1 aromatic carbocycles.